The van der Waals surface area contributed by atoms with Gasteiger partial charge in [0, 0.05) is 25.0 Å². The third-order valence-electron chi connectivity index (χ3n) is 2.66. The van der Waals surface area contributed by atoms with E-state index in [1.54, 1.807) is 12.3 Å². The number of aryl methyl sites for hydroxylation is 1. The van der Waals surface area contributed by atoms with Gasteiger partial charge in [0.05, 0.1) is 17.9 Å². The Labute approximate surface area is 97.6 Å². The number of rotatable bonds is 3. The van der Waals surface area contributed by atoms with Crippen LogP contribution in [0.5, 0.6) is 0 Å². The van der Waals surface area contributed by atoms with E-state index in [0.717, 1.165) is 5.69 Å². The third kappa shape index (κ3) is 2.40. The van der Waals surface area contributed by atoms with E-state index in [1.807, 2.05) is 0 Å². The van der Waals surface area contributed by atoms with Crippen LogP contribution in [0.2, 0.25) is 0 Å². The number of hydrogen-bond acceptors (Lipinski definition) is 5. The van der Waals surface area contributed by atoms with Crippen LogP contribution in [0, 0.1) is 6.92 Å². The molecule has 0 aliphatic carbocycles. The predicted octanol–water partition coefficient (Wildman–Crippen LogP) is 0.333. The van der Waals surface area contributed by atoms with Gasteiger partial charge in [-0.3, -0.25) is 4.79 Å². The summed E-state index contributed by atoms with van der Waals surface area (Å²) in [6.45, 7) is 2.85. The van der Waals surface area contributed by atoms with Crippen molar-refractivity contribution in [3.05, 3.63) is 16.6 Å². The lowest BCUT2D eigenvalue weighted by atomic mass is 10.0. The molecule has 1 saturated heterocycles. The van der Waals surface area contributed by atoms with Crippen molar-refractivity contribution in [3.8, 4) is 0 Å². The molecule has 2 rings (SSSR count). The summed E-state index contributed by atoms with van der Waals surface area (Å²) in [5.74, 6) is -0.188. The highest BCUT2D eigenvalue weighted by molar-refractivity contribution is 7.03. The van der Waals surface area contributed by atoms with Gasteiger partial charge in [-0.25, -0.2) is 0 Å². The number of nitrogens with one attached hydrogen (secondary N) is 1. The number of ether oxygens (including phenoxy) is 1. The van der Waals surface area contributed by atoms with Crippen LogP contribution in [0.25, 0.3) is 0 Å². The summed E-state index contributed by atoms with van der Waals surface area (Å²) in [5, 5.41) is 14.4. The lowest BCUT2D eigenvalue weighted by Gasteiger charge is -2.20. The number of carbonyl (C=O) groups excluding carboxylic acids is 1. The minimum atomic E-state index is -0.910. The third-order valence-corrected chi connectivity index (χ3v) is 3.38. The maximum absolute atomic E-state index is 11.7. The summed E-state index contributed by atoms with van der Waals surface area (Å²) in [5.41, 5.74) is 0.386. The van der Waals surface area contributed by atoms with E-state index in [9.17, 15) is 9.90 Å². The van der Waals surface area contributed by atoms with Crippen LogP contribution >= 0.6 is 11.5 Å². The van der Waals surface area contributed by atoms with Crippen LogP contribution in [0.1, 0.15) is 22.5 Å². The van der Waals surface area contributed by atoms with Gasteiger partial charge in [-0.05, 0) is 18.5 Å². The minimum absolute atomic E-state index is 0.188. The molecule has 5 nitrogen and oxygen atoms in total. The van der Waals surface area contributed by atoms with Crippen LogP contribution in [-0.4, -0.2) is 40.7 Å². The van der Waals surface area contributed by atoms with Gasteiger partial charge < -0.3 is 15.2 Å². The smallest absolute Gasteiger partial charge is 0.254 e. The molecule has 1 amide bonds. The topological polar surface area (TPSA) is 71.5 Å². The number of nitrogens with zero attached hydrogens (tertiary/aromatic N) is 1. The first-order valence-corrected chi connectivity index (χ1v) is 5.94. The molecule has 1 aromatic heterocycles. The van der Waals surface area contributed by atoms with Crippen LogP contribution in [-0.2, 0) is 4.74 Å². The Kier molecular flexibility index (Phi) is 3.22. The molecule has 0 spiro atoms. The summed E-state index contributed by atoms with van der Waals surface area (Å²) in [6, 6.07) is 0. The van der Waals surface area contributed by atoms with Crippen LogP contribution in [0.3, 0.4) is 0 Å². The van der Waals surface area contributed by atoms with Crippen molar-refractivity contribution in [2.45, 2.75) is 18.9 Å². The van der Waals surface area contributed by atoms with Crippen LogP contribution in [0.4, 0.5) is 0 Å². The molecule has 0 bridgehead atoms. The van der Waals surface area contributed by atoms with Gasteiger partial charge in [0.15, 0.2) is 0 Å². The van der Waals surface area contributed by atoms with Crippen LogP contribution in [0.15, 0.2) is 5.38 Å². The molecule has 1 aliphatic rings. The Morgan fingerprint density at radius 2 is 2.62 bits per heavy atom. The second-order valence-corrected chi connectivity index (χ2v) is 4.65. The highest BCUT2D eigenvalue weighted by Gasteiger charge is 2.32. The first kappa shape index (κ1) is 11.5. The van der Waals surface area contributed by atoms with Gasteiger partial charge in [-0.2, -0.15) is 4.37 Å². The highest BCUT2D eigenvalue weighted by Crippen LogP contribution is 2.17. The average molecular weight is 242 g/mol. The molecule has 1 aliphatic heterocycles. The Bertz CT molecular complexity index is 385. The maximum Gasteiger partial charge on any atom is 0.254 e. The highest BCUT2D eigenvalue weighted by atomic mass is 32.1. The molecule has 1 fully saturated rings. The first-order chi connectivity index (χ1) is 7.61. The molecular formula is C10H14N2O3S. The Morgan fingerprint density at radius 3 is 3.19 bits per heavy atom. The molecule has 1 aromatic rings. The average Bonchev–Trinajstić information content (AvgIpc) is 2.85. The fourth-order valence-corrected chi connectivity index (χ4v) is 2.28. The molecule has 6 heteroatoms. The van der Waals surface area contributed by atoms with Crippen LogP contribution < -0.4 is 5.32 Å². The molecule has 1 atom stereocenters. The van der Waals surface area contributed by atoms with Crippen molar-refractivity contribution in [1.82, 2.24) is 9.69 Å². The number of aliphatic hydroxyl groups is 1. The fourth-order valence-electron chi connectivity index (χ4n) is 1.59. The van der Waals surface area contributed by atoms with Gasteiger partial charge in [0.25, 0.3) is 5.91 Å². The molecule has 1 unspecified atom stereocenters. The van der Waals surface area contributed by atoms with Gasteiger partial charge in [0.1, 0.15) is 5.60 Å². The minimum Gasteiger partial charge on any atom is -0.386 e. The van der Waals surface area contributed by atoms with Gasteiger partial charge in [-0.1, -0.05) is 0 Å². The second-order valence-electron chi connectivity index (χ2n) is 4.02. The lowest BCUT2D eigenvalue weighted by molar-refractivity contribution is 0.0264. The van der Waals surface area contributed by atoms with Crippen molar-refractivity contribution >= 4 is 17.4 Å². The second kappa shape index (κ2) is 4.48. The molecule has 2 N–H and O–H groups in total. The first-order valence-electron chi connectivity index (χ1n) is 5.10. The van der Waals surface area contributed by atoms with E-state index in [1.165, 1.54) is 11.5 Å². The molecule has 0 aromatic carbocycles. The van der Waals surface area contributed by atoms with Gasteiger partial charge >= 0.3 is 0 Å². The number of hydrogen-bond donors (Lipinski definition) is 2. The molecule has 16 heavy (non-hydrogen) atoms. The predicted molar refractivity (Wildman–Crippen MR) is 59.6 cm³/mol. The zero-order valence-corrected chi connectivity index (χ0v) is 9.84. The van der Waals surface area contributed by atoms with Crippen molar-refractivity contribution in [2.24, 2.45) is 0 Å². The number of carbonyl (C=O) groups is 1. The lowest BCUT2D eigenvalue weighted by Crippen LogP contribution is -2.43. The van der Waals surface area contributed by atoms with E-state index in [2.05, 4.69) is 9.69 Å². The standard InChI is InChI=1S/C10H14N2O3S/c1-7-8(4-16-12-7)9(13)11-5-10(14)2-3-15-6-10/h4,14H,2-3,5-6H2,1H3,(H,11,13). The van der Waals surface area contributed by atoms with E-state index in [-0.39, 0.29) is 19.1 Å². The maximum atomic E-state index is 11.7. The normalized spacial score (nSPS) is 24.6. The summed E-state index contributed by atoms with van der Waals surface area (Å²) in [7, 11) is 0. The van der Waals surface area contributed by atoms with Crippen molar-refractivity contribution in [1.29, 1.82) is 0 Å². The van der Waals surface area contributed by atoms with Gasteiger partial charge in [0.2, 0.25) is 0 Å². The molecule has 0 saturated carbocycles. The van der Waals surface area contributed by atoms with E-state index < -0.39 is 5.60 Å². The van der Waals surface area contributed by atoms with Crippen molar-refractivity contribution in [2.75, 3.05) is 19.8 Å². The Morgan fingerprint density at radius 1 is 1.81 bits per heavy atom. The number of amides is 1. The summed E-state index contributed by atoms with van der Waals surface area (Å²) < 4.78 is 9.12. The molecule has 2 heterocycles. The van der Waals surface area contributed by atoms with Gasteiger partial charge in [-0.15, -0.1) is 0 Å². The number of aromatic nitrogens is 1. The molecular weight excluding hydrogens is 228 g/mol. The van der Waals surface area contributed by atoms with Crippen molar-refractivity contribution in [3.63, 3.8) is 0 Å². The zero-order valence-electron chi connectivity index (χ0n) is 9.02. The SMILES string of the molecule is Cc1nscc1C(=O)NCC1(O)CCOC1. The molecule has 88 valence electrons. The van der Waals surface area contributed by atoms with E-state index in [0.29, 0.717) is 18.6 Å². The summed E-state index contributed by atoms with van der Waals surface area (Å²) in [6.07, 6.45) is 0.564. The molecule has 0 radical (unpaired) electrons. The monoisotopic (exact) mass is 242 g/mol. The van der Waals surface area contributed by atoms with Crippen molar-refractivity contribution < 1.29 is 14.6 Å². The summed E-state index contributed by atoms with van der Waals surface area (Å²) >= 11 is 1.25. The Balaban J connectivity index is 1.91. The van der Waals surface area contributed by atoms with E-state index in [4.69, 9.17) is 4.74 Å². The largest absolute Gasteiger partial charge is 0.386 e. The Hall–Kier alpha value is -0.980. The van der Waals surface area contributed by atoms with E-state index >= 15 is 0 Å². The summed E-state index contributed by atoms with van der Waals surface area (Å²) in [4.78, 5) is 11.7. The zero-order chi connectivity index (χ0) is 11.6. The quantitative estimate of drug-likeness (QED) is 0.801. The fraction of sp³-hybridized carbons (Fsp3) is 0.600.